The van der Waals surface area contributed by atoms with Crippen molar-refractivity contribution in [1.29, 1.82) is 0 Å². The van der Waals surface area contributed by atoms with E-state index in [9.17, 15) is 0 Å². The highest BCUT2D eigenvalue weighted by atomic mass is 79.9. The zero-order valence-corrected chi connectivity index (χ0v) is 23.6. The summed E-state index contributed by atoms with van der Waals surface area (Å²) in [7, 11) is 1.69. The van der Waals surface area contributed by atoms with Crippen LogP contribution in [-0.4, -0.2) is 44.0 Å². The van der Waals surface area contributed by atoms with Crippen LogP contribution < -0.4 is 9.47 Å². The van der Waals surface area contributed by atoms with Crippen LogP contribution in [0.3, 0.4) is 0 Å². The topological polar surface area (TPSA) is 62.2 Å². The van der Waals surface area contributed by atoms with Gasteiger partial charge in [-0.1, -0.05) is 67.4 Å². The molecule has 5 rings (SSSR count). The van der Waals surface area contributed by atoms with Crippen LogP contribution in [0.4, 0.5) is 0 Å². The van der Waals surface area contributed by atoms with E-state index < -0.39 is 0 Å². The van der Waals surface area contributed by atoms with Crippen LogP contribution in [-0.2, 0) is 22.3 Å². The number of halogens is 1. The first kappa shape index (κ1) is 28.7. The number of aryl methyl sites for hydroxylation is 3. The molecule has 3 aromatic rings. The van der Waals surface area contributed by atoms with Crippen molar-refractivity contribution >= 4 is 21.8 Å². The van der Waals surface area contributed by atoms with Crippen LogP contribution in [0.2, 0.25) is 0 Å². The van der Waals surface area contributed by atoms with Crippen LogP contribution in [0.5, 0.6) is 11.5 Å². The third-order valence-electron chi connectivity index (χ3n) is 5.72. The maximum absolute atomic E-state index is 5.59. The normalized spacial score (nSPS) is 15.0. The second kappa shape index (κ2) is 16.0. The van der Waals surface area contributed by atoms with Crippen molar-refractivity contribution in [1.82, 2.24) is 4.98 Å². The predicted octanol–water partition coefficient (Wildman–Crippen LogP) is 6.97. The molecule has 1 atom stereocenters. The number of ether oxygens (including phenoxy) is 4. The Labute approximate surface area is 229 Å². The Kier molecular flexibility index (Phi) is 12.4. The largest absolute Gasteiger partial charge is 0.479 e. The number of benzene rings is 2. The summed E-state index contributed by atoms with van der Waals surface area (Å²) in [6.45, 7) is 5.90. The standard InChI is InChI=1S/C16H23BrN2O2.C7H6O2.C7H8/c1-3-4-5-13-8-6-12(16(17)19-13)7-9-15-18-14(10-20-2)11-21-15;1-2-4-7-6(3-1)8-5-9-7;1-7-5-3-2-4-6-7/h6,8,14H,3-5,7,9-11H2,1-2H3;1-4H,5H2;2-6H,1H3/t14-;;/m0../s1. The number of methoxy groups -OCH3 is 1. The molecule has 6 nitrogen and oxygen atoms in total. The molecule has 198 valence electrons. The summed E-state index contributed by atoms with van der Waals surface area (Å²) >= 11 is 3.57. The summed E-state index contributed by atoms with van der Waals surface area (Å²) < 4.78 is 21.8. The van der Waals surface area contributed by atoms with Crippen LogP contribution in [0.25, 0.3) is 0 Å². The van der Waals surface area contributed by atoms with Gasteiger partial charge in [-0.2, -0.15) is 0 Å². The lowest BCUT2D eigenvalue weighted by Crippen LogP contribution is -2.12. The summed E-state index contributed by atoms with van der Waals surface area (Å²) in [6.07, 6.45) is 5.13. The minimum atomic E-state index is 0.156. The number of pyridine rings is 1. The summed E-state index contributed by atoms with van der Waals surface area (Å²) in [5, 5.41) is 0. The molecule has 0 saturated carbocycles. The molecule has 37 heavy (non-hydrogen) atoms. The van der Waals surface area contributed by atoms with E-state index in [0.717, 1.165) is 47.0 Å². The summed E-state index contributed by atoms with van der Waals surface area (Å²) in [5.74, 6) is 2.52. The number of hydrogen-bond donors (Lipinski definition) is 0. The minimum absolute atomic E-state index is 0.156. The van der Waals surface area contributed by atoms with Gasteiger partial charge in [-0.15, -0.1) is 0 Å². The molecule has 2 aliphatic heterocycles. The highest BCUT2D eigenvalue weighted by molar-refractivity contribution is 9.10. The fourth-order valence-corrected chi connectivity index (χ4v) is 4.25. The molecule has 0 amide bonds. The van der Waals surface area contributed by atoms with Gasteiger partial charge < -0.3 is 18.9 Å². The van der Waals surface area contributed by atoms with Crippen molar-refractivity contribution in [2.45, 2.75) is 52.0 Å². The maximum Gasteiger partial charge on any atom is 0.231 e. The van der Waals surface area contributed by atoms with Crippen LogP contribution in [0.15, 0.2) is 76.3 Å². The molecular weight excluding hydrogens is 532 g/mol. The first-order valence-corrected chi connectivity index (χ1v) is 13.6. The Hall–Kier alpha value is -2.90. The van der Waals surface area contributed by atoms with E-state index in [0.29, 0.717) is 20.0 Å². The van der Waals surface area contributed by atoms with Crippen molar-refractivity contribution in [3.8, 4) is 11.5 Å². The van der Waals surface area contributed by atoms with Crippen LogP contribution in [0.1, 0.15) is 43.0 Å². The number of hydrogen-bond acceptors (Lipinski definition) is 6. The number of para-hydroxylation sites is 2. The molecule has 1 aromatic heterocycles. The van der Waals surface area contributed by atoms with Crippen molar-refractivity contribution in [2.24, 2.45) is 4.99 Å². The first-order chi connectivity index (χ1) is 18.1. The molecule has 0 N–H and O–H groups in total. The van der Waals surface area contributed by atoms with Gasteiger partial charge in [0.25, 0.3) is 0 Å². The summed E-state index contributed by atoms with van der Waals surface area (Å²) in [6, 6.07) is 22.3. The van der Waals surface area contributed by atoms with E-state index in [-0.39, 0.29) is 6.04 Å². The van der Waals surface area contributed by atoms with Crippen molar-refractivity contribution in [2.75, 3.05) is 27.1 Å². The molecule has 2 aromatic carbocycles. The molecule has 0 fully saturated rings. The van der Waals surface area contributed by atoms with Gasteiger partial charge in [-0.05, 0) is 65.9 Å². The SMILES string of the molecule is CCCCc1ccc(CCC2=N[C@@H](COC)CO2)c(Br)n1.Cc1ccccc1.c1ccc2c(c1)OCO2. The molecule has 0 aliphatic carbocycles. The van der Waals surface area contributed by atoms with E-state index >= 15 is 0 Å². The second-order valence-corrected chi connectivity index (χ2v) is 9.56. The molecule has 0 bridgehead atoms. The Morgan fingerprint density at radius 1 is 0.892 bits per heavy atom. The predicted molar refractivity (Wildman–Crippen MR) is 152 cm³/mol. The highest BCUT2D eigenvalue weighted by Gasteiger charge is 2.18. The van der Waals surface area contributed by atoms with Gasteiger partial charge >= 0.3 is 0 Å². The Bertz CT molecular complexity index is 1080. The molecule has 7 heteroatoms. The van der Waals surface area contributed by atoms with Gasteiger partial charge in [0, 0.05) is 19.2 Å². The van der Waals surface area contributed by atoms with Gasteiger partial charge in [-0.3, -0.25) is 0 Å². The molecular formula is C30H37BrN2O4. The van der Waals surface area contributed by atoms with Crippen LogP contribution in [0, 0.1) is 6.92 Å². The van der Waals surface area contributed by atoms with Gasteiger partial charge in [-0.25, -0.2) is 9.98 Å². The lowest BCUT2D eigenvalue weighted by Gasteiger charge is -2.06. The van der Waals surface area contributed by atoms with Crippen LogP contribution >= 0.6 is 15.9 Å². The van der Waals surface area contributed by atoms with Crippen molar-refractivity contribution in [3.63, 3.8) is 0 Å². The quantitative estimate of drug-likeness (QED) is 0.274. The zero-order valence-electron chi connectivity index (χ0n) is 22.0. The van der Waals surface area contributed by atoms with E-state index in [1.54, 1.807) is 7.11 Å². The molecule has 0 unspecified atom stereocenters. The average Bonchev–Trinajstić information content (AvgIpc) is 3.58. The Balaban J connectivity index is 0.000000192. The number of unbranched alkanes of at least 4 members (excludes halogenated alkanes) is 1. The fourth-order valence-electron chi connectivity index (χ4n) is 3.69. The second-order valence-electron chi connectivity index (χ2n) is 8.81. The van der Waals surface area contributed by atoms with Gasteiger partial charge in [0.2, 0.25) is 6.79 Å². The Morgan fingerprint density at radius 3 is 2.19 bits per heavy atom. The number of nitrogens with zero attached hydrogens (tertiary/aromatic N) is 2. The fraction of sp³-hybridized carbons (Fsp3) is 0.400. The Morgan fingerprint density at radius 2 is 1.59 bits per heavy atom. The van der Waals surface area contributed by atoms with Crippen molar-refractivity contribution < 1.29 is 18.9 Å². The molecule has 0 spiro atoms. The molecule has 0 radical (unpaired) electrons. The van der Waals surface area contributed by atoms with Gasteiger partial charge in [0.15, 0.2) is 17.4 Å². The maximum atomic E-state index is 5.59. The van der Waals surface area contributed by atoms with Gasteiger partial charge in [0.05, 0.1) is 6.61 Å². The minimum Gasteiger partial charge on any atom is -0.479 e. The highest BCUT2D eigenvalue weighted by Crippen LogP contribution is 2.30. The third-order valence-corrected chi connectivity index (χ3v) is 6.41. The first-order valence-electron chi connectivity index (χ1n) is 12.8. The number of aromatic nitrogens is 1. The number of aliphatic imine (C=N–C) groups is 1. The monoisotopic (exact) mass is 568 g/mol. The zero-order chi connectivity index (χ0) is 26.3. The molecule has 2 aliphatic rings. The number of fused-ring (bicyclic) bond motifs is 1. The van der Waals surface area contributed by atoms with E-state index in [1.165, 1.54) is 24.0 Å². The number of rotatable bonds is 8. The van der Waals surface area contributed by atoms with Crippen molar-refractivity contribution in [3.05, 3.63) is 88.2 Å². The van der Waals surface area contributed by atoms with E-state index in [1.807, 2.05) is 42.5 Å². The molecule has 0 saturated heterocycles. The van der Waals surface area contributed by atoms with E-state index in [2.05, 4.69) is 64.0 Å². The lowest BCUT2D eigenvalue weighted by atomic mass is 10.1. The molecule has 3 heterocycles. The lowest BCUT2D eigenvalue weighted by molar-refractivity contribution is 0.164. The van der Waals surface area contributed by atoms with E-state index in [4.69, 9.17) is 18.9 Å². The average molecular weight is 570 g/mol. The summed E-state index contributed by atoms with van der Waals surface area (Å²) in [4.78, 5) is 9.13. The third kappa shape index (κ3) is 10.2. The smallest absolute Gasteiger partial charge is 0.231 e. The summed E-state index contributed by atoms with van der Waals surface area (Å²) in [5.41, 5.74) is 3.68. The van der Waals surface area contributed by atoms with Gasteiger partial charge in [0.1, 0.15) is 17.3 Å².